The standard InChI is InChI=1S/C18H17NO3/c1-13(20)17(12-14-6-4-3-5-7-14)18(21)19-15-8-10-16(22-2)11-9-15/h3-12H,1-2H3,(H,19,21). The summed E-state index contributed by atoms with van der Waals surface area (Å²) in [5, 5.41) is 2.71. The summed E-state index contributed by atoms with van der Waals surface area (Å²) in [6.07, 6.45) is 1.58. The Morgan fingerprint density at radius 3 is 2.18 bits per heavy atom. The molecule has 0 atom stereocenters. The summed E-state index contributed by atoms with van der Waals surface area (Å²) < 4.78 is 5.06. The highest BCUT2D eigenvalue weighted by molar-refractivity contribution is 6.25. The van der Waals surface area contributed by atoms with E-state index in [0.717, 1.165) is 5.56 Å². The average Bonchev–Trinajstić information content (AvgIpc) is 2.54. The van der Waals surface area contributed by atoms with Crippen molar-refractivity contribution >= 4 is 23.5 Å². The van der Waals surface area contributed by atoms with Crippen molar-refractivity contribution in [3.63, 3.8) is 0 Å². The second-order valence-electron chi connectivity index (χ2n) is 4.71. The molecule has 0 aliphatic carbocycles. The molecule has 0 aromatic heterocycles. The number of nitrogens with one attached hydrogen (secondary N) is 1. The fourth-order valence-electron chi connectivity index (χ4n) is 1.92. The minimum atomic E-state index is -0.429. The van der Waals surface area contributed by atoms with Crippen LogP contribution in [0.2, 0.25) is 0 Å². The van der Waals surface area contributed by atoms with E-state index in [9.17, 15) is 9.59 Å². The van der Waals surface area contributed by atoms with Gasteiger partial charge in [-0.15, -0.1) is 0 Å². The van der Waals surface area contributed by atoms with Crippen molar-refractivity contribution in [3.8, 4) is 5.75 Å². The van der Waals surface area contributed by atoms with E-state index >= 15 is 0 Å². The van der Waals surface area contributed by atoms with Crippen molar-refractivity contribution in [1.29, 1.82) is 0 Å². The highest BCUT2D eigenvalue weighted by atomic mass is 16.5. The summed E-state index contributed by atoms with van der Waals surface area (Å²) in [6.45, 7) is 1.38. The Kier molecular flexibility index (Phi) is 5.09. The number of amides is 1. The molecule has 4 heteroatoms. The second-order valence-corrected chi connectivity index (χ2v) is 4.71. The molecule has 1 N–H and O–H groups in total. The second kappa shape index (κ2) is 7.22. The molecule has 0 heterocycles. The zero-order valence-electron chi connectivity index (χ0n) is 12.5. The first-order valence-corrected chi connectivity index (χ1v) is 6.83. The number of ketones is 1. The van der Waals surface area contributed by atoms with Crippen molar-refractivity contribution in [2.45, 2.75) is 6.92 Å². The number of carbonyl (C=O) groups is 2. The van der Waals surface area contributed by atoms with Crippen LogP contribution in [-0.2, 0) is 9.59 Å². The molecule has 0 aliphatic rings. The maximum Gasteiger partial charge on any atom is 0.259 e. The number of methoxy groups -OCH3 is 1. The first kappa shape index (κ1) is 15.5. The van der Waals surface area contributed by atoms with Gasteiger partial charge in [-0.25, -0.2) is 0 Å². The van der Waals surface area contributed by atoms with Gasteiger partial charge in [0.25, 0.3) is 5.91 Å². The zero-order chi connectivity index (χ0) is 15.9. The maximum absolute atomic E-state index is 12.3. The van der Waals surface area contributed by atoms with Crippen LogP contribution in [0, 0.1) is 0 Å². The average molecular weight is 295 g/mol. The van der Waals surface area contributed by atoms with Crippen LogP contribution in [-0.4, -0.2) is 18.8 Å². The van der Waals surface area contributed by atoms with Gasteiger partial charge in [0.15, 0.2) is 5.78 Å². The van der Waals surface area contributed by atoms with Gasteiger partial charge in [-0.2, -0.15) is 0 Å². The Morgan fingerprint density at radius 1 is 1.00 bits per heavy atom. The van der Waals surface area contributed by atoms with Crippen molar-refractivity contribution in [2.75, 3.05) is 12.4 Å². The van der Waals surface area contributed by atoms with Gasteiger partial charge in [-0.1, -0.05) is 30.3 Å². The molecular formula is C18H17NO3. The third-order valence-electron chi connectivity index (χ3n) is 3.08. The van der Waals surface area contributed by atoms with E-state index in [4.69, 9.17) is 4.74 Å². The van der Waals surface area contributed by atoms with E-state index in [0.29, 0.717) is 11.4 Å². The summed E-state index contributed by atoms with van der Waals surface area (Å²) >= 11 is 0. The van der Waals surface area contributed by atoms with Gasteiger partial charge in [0.1, 0.15) is 5.75 Å². The van der Waals surface area contributed by atoms with Gasteiger partial charge in [-0.05, 0) is 42.8 Å². The fraction of sp³-hybridized carbons (Fsp3) is 0.111. The van der Waals surface area contributed by atoms with Crippen molar-refractivity contribution in [1.82, 2.24) is 0 Å². The number of hydrogen-bond acceptors (Lipinski definition) is 3. The molecule has 1 amide bonds. The summed E-state index contributed by atoms with van der Waals surface area (Å²) in [5.41, 5.74) is 1.52. The Bertz CT molecular complexity index is 688. The van der Waals surface area contributed by atoms with Crippen LogP contribution in [0.5, 0.6) is 5.75 Å². The molecule has 0 bridgehead atoms. The Hall–Kier alpha value is -2.88. The van der Waals surface area contributed by atoms with Crippen molar-refractivity contribution < 1.29 is 14.3 Å². The van der Waals surface area contributed by atoms with Crippen LogP contribution >= 0.6 is 0 Å². The SMILES string of the molecule is COc1ccc(NC(=O)C(=Cc2ccccc2)C(C)=O)cc1. The first-order valence-electron chi connectivity index (χ1n) is 6.83. The molecule has 0 spiro atoms. The Balaban J connectivity index is 2.19. The number of hydrogen-bond donors (Lipinski definition) is 1. The smallest absolute Gasteiger partial charge is 0.259 e. The van der Waals surface area contributed by atoms with E-state index in [2.05, 4.69) is 5.32 Å². The van der Waals surface area contributed by atoms with Crippen LogP contribution < -0.4 is 10.1 Å². The van der Waals surface area contributed by atoms with Gasteiger partial charge in [0.05, 0.1) is 12.7 Å². The molecule has 0 unspecified atom stereocenters. The van der Waals surface area contributed by atoms with E-state index in [1.807, 2.05) is 30.3 Å². The summed E-state index contributed by atoms with van der Waals surface area (Å²) in [4.78, 5) is 24.0. The van der Waals surface area contributed by atoms with Gasteiger partial charge >= 0.3 is 0 Å². The molecule has 2 aromatic carbocycles. The zero-order valence-corrected chi connectivity index (χ0v) is 12.5. The van der Waals surface area contributed by atoms with Crippen molar-refractivity contribution in [3.05, 3.63) is 65.7 Å². The monoisotopic (exact) mass is 295 g/mol. The number of carbonyl (C=O) groups excluding carboxylic acids is 2. The number of Topliss-reactive ketones (excluding diaryl/α,β-unsaturated/α-hetero) is 1. The number of rotatable bonds is 5. The highest BCUT2D eigenvalue weighted by Gasteiger charge is 2.14. The van der Waals surface area contributed by atoms with Crippen LogP contribution in [0.15, 0.2) is 60.2 Å². The molecule has 0 saturated heterocycles. The lowest BCUT2D eigenvalue weighted by atomic mass is 10.1. The van der Waals surface area contributed by atoms with Gasteiger partial charge < -0.3 is 10.1 Å². The third-order valence-corrected chi connectivity index (χ3v) is 3.08. The number of benzene rings is 2. The van der Waals surface area contributed by atoms with Crippen LogP contribution in [0.3, 0.4) is 0 Å². The third kappa shape index (κ3) is 4.06. The molecule has 0 fully saturated rings. The minimum Gasteiger partial charge on any atom is -0.497 e. The lowest BCUT2D eigenvalue weighted by molar-refractivity contribution is -0.118. The Morgan fingerprint density at radius 2 is 1.64 bits per heavy atom. The van der Waals surface area contributed by atoms with Gasteiger partial charge in [0.2, 0.25) is 0 Å². The van der Waals surface area contributed by atoms with E-state index in [1.165, 1.54) is 6.92 Å². The van der Waals surface area contributed by atoms with Crippen LogP contribution in [0.1, 0.15) is 12.5 Å². The van der Waals surface area contributed by atoms with Crippen LogP contribution in [0.25, 0.3) is 6.08 Å². The summed E-state index contributed by atoms with van der Waals surface area (Å²) in [7, 11) is 1.57. The van der Waals surface area contributed by atoms with E-state index in [1.54, 1.807) is 37.5 Å². The normalized spacial score (nSPS) is 10.9. The highest BCUT2D eigenvalue weighted by Crippen LogP contribution is 2.16. The molecular weight excluding hydrogens is 278 g/mol. The predicted molar refractivity (Wildman–Crippen MR) is 86.7 cm³/mol. The molecule has 4 nitrogen and oxygen atoms in total. The number of anilines is 1. The van der Waals surface area contributed by atoms with Gasteiger partial charge in [0, 0.05) is 5.69 Å². The maximum atomic E-state index is 12.3. The first-order chi connectivity index (χ1) is 10.6. The molecule has 0 aliphatic heterocycles. The topological polar surface area (TPSA) is 55.4 Å². The quantitative estimate of drug-likeness (QED) is 0.523. The molecule has 2 aromatic rings. The van der Waals surface area contributed by atoms with E-state index in [-0.39, 0.29) is 11.4 Å². The predicted octanol–water partition coefficient (Wildman–Crippen LogP) is 3.31. The van der Waals surface area contributed by atoms with E-state index < -0.39 is 5.91 Å². The molecule has 0 saturated carbocycles. The summed E-state index contributed by atoms with van der Waals surface area (Å²) in [5.74, 6) is -0.0130. The van der Waals surface area contributed by atoms with Crippen molar-refractivity contribution in [2.24, 2.45) is 0 Å². The largest absolute Gasteiger partial charge is 0.497 e. The van der Waals surface area contributed by atoms with Crippen LogP contribution in [0.4, 0.5) is 5.69 Å². The van der Waals surface area contributed by atoms with Gasteiger partial charge in [-0.3, -0.25) is 9.59 Å². The minimum absolute atomic E-state index is 0.113. The lowest BCUT2D eigenvalue weighted by Crippen LogP contribution is -2.18. The molecule has 112 valence electrons. The number of ether oxygens (including phenoxy) is 1. The molecule has 0 radical (unpaired) electrons. The Labute approximate surface area is 129 Å². The lowest BCUT2D eigenvalue weighted by Gasteiger charge is -2.08. The summed E-state index contributed by atoms with van der Waals surface area (Å²) in [6, 6.07) is 16.2. The fourth-order valence-corrected chi connectivity index (χ4v) is 1.92. The molecule has 2 rings (SSSR count). The molecule has 22 heavy (non-hydrogen) atoms.